The Hall–Kier alpha value is -3.04. The van der Waals surface area contributed by atoms with E-state index in [-0.39, 0.29) is 18.3 Å². The molecule has 0 spiro atoms. The molecule has 10 heteroatoms. The van der Waals surface area contributed by atoms with Gasteiger partial charge in [-0.25, -0.2) is 4.39 Å². The second-order valence-corrected chi connectivity index (χ2v) is 8.78. The smallest absolute Gasteiger partial charge is 0.237 e. The second-order valence-electron chi connectivity index (χ2n) is 7.07. The van der Waals surface area contributed by atoms with Crippen molar-refractivity contribution in [2.75, 3.05) is 12.4 Å². The van der Waals surface area contributed by atoms with E-state index in [1.165, 1.54) is 24.9 Å². The van der Waals surface area contributed by atoms with Crippen LogP contribution in [0.3, 0.4) is 0 Å². The highest BCUT2D eigenvalue weighted by Gasteiger charge is 2.21. The van der Waals surface area contributed by atoms with Crippen LogP contribution in [0.1, 0.15) is 18.3 Å². The summed E-state index contributed by atoms with van der Waals surface area (Å²) in [6.07, 6.45) is 1.69. The number of aromatic nitrogens is 3. The number of methoxy groups -OCH3 is 1. The zero-order valence-corrected chi connectivity index (χ0v) is 20.0. The molecule has 0 aliphatic rings. The number of hydrogen-bond donors (Lipinski definition) is 1. The zero-order chi connectivity index (χ0) is 24.0. The lowest BCUT2D eigenvalue weighted by Gasteiger charge is -2.15. The van der Waals surface area contributed by atoms with Gasteiger partial charge in [0, 0.05) is 17.6 Å². The van der Waals surface area contributed by atoms with Gasteiger partial charge >= 0.3 is 0 Å². The third kappa shape index (κ3) is 6.06. The van der Waals surface area contributed by atoms with Crippen LogP contribution in [0.2, 0.25) is 5.02 Å². The monoisotopic (exact) mass is 490 g/mol. The van der Waals surface area contributed by atoms with Gasteiger partial charge in [-0.2, -0.15) is 0 Å². The number of benzene rings is 2. The first-order chi connectivity index (χ1) is 15.8. The number of anilines is 1. The SMILES string of the molecule is C=CCn1c(COc2ccccc2F)nnc1SC(C)C(=O)Nc1cc(C)c(Cl)cc1OC. The van der Waals surface area contributed by atoms with E-state index < -0.39 is 11.1 Å². The van der Waals surface area contributed by atoms with E-state index in [1.54, 1.807) is 47.9 Å². The Balaban J connectivity index is 1.72. The molecule has 0 aliphatic carbocycles. The number of nitrogens with zero attached hydrogens (tertiary/aromatic N) is 3. The molecule has 3 aromatic rings. The Bertz CT molecular complexity index is 1150. The Morgan fingerprint density at radius 2 is 2.09 bits per heavy atom. The van der Waals surface area contributed by atoms with Crippen molar-refractivity contribution in [3.8, 4) is 11.5 Å². The standard InChI is InChI=1S/C23H24ClFN4O3S/c1-5-10-29-21(13-32-19-9-7-6-8-17(19)25)27-28-23(29)33-15(3)22(30)26-18-11-14(2)16(24)12-20(18)31-4/h5-9,11-12,15H,1,10,13H2,2-4H3,(H,26,30). The molecular formula is C23H24ClFN4O3S. The molecule has 1 N–H and O–H groups in total. The molecule has 7 nitrogen and oxygen atoms in total. The number of nitrogens with one attached hydrogen (secondary N) is 1. The summed E-state index contributed by atoms with van der Waals surface area (Å²) in [7, 11) is 1.51. The third-order valence-corrected chi connectivity index (χ3v) is 6.18. The van der Waals surface area contributed by atoms with Crippen molar-refractivity contribution in [1.29, 1.82) is 0 Å². The van der Waals surface area contributed by atoms with Crippen LogP contribution in [0.15, 0.2) is 54.2 Å². The van der Waals surface area contributed by atoms with Crippen LogP contribution in [0.25, 0.3) is 0 Å². The molecule has 0 bridgehead atoms. The lowest BCUT2D eigenvalue weighted by atomic mass is 10.2. The van der Waals surface area contributed by atoms with Gasteiger partial charge in [-0.05, 0) is 37.6 Å². The third-order valence-electron chi connectivity index (χ3n) is 4.69. The molecule has 0 fully saturated rings. The van der Waals surface area contributed by atoms with Gasteiger partial charge in [0.15, 0.2) is 22.5 Å². The first-order valence-corrected chi connectivity index (χ1v) is 11.3. The summed E-state index contributed by atoms with van der Waals surface area (Å²) < 4.78 is 26.5. The fourth-order valence-corrected chi connectivity index (χ4v) is 3.94. The van der Waals surface area contributed by atoms with Crippen molar-refractivity contribution < 1.29 is 18.7 Å². The molecule has 3 rings (SSSR count). The fraction of sp³-hybridized carbons (Fsp3) is 0.261. The van der Waals surface area contributed by atoms with Crippen molar-refractivity contribution in [3.05, 3.63) is 71.3 Å². The summed E-state index contributed by atoms with van der Waals surface area (Å²) >= 11 is 7.38. The Kier molecular flexibility index (Phi) is 8.35. The van der Waals surface area contributed by atoms with Gasteiger partial charge in [-0.3, -0.25) is 9.36 Å². The van der Waals surface area contributed by atoms with E-state index in [2.05, 4.69) is 22.1 Å². The zero-order valence-electron chi connectivity index (χ0n) is 18.5. The summed E-state index contributed by atoms with van der Waals surface area (Å²) in [6.45, 7) is 7.80. The van der Waals surface area contributed by atoms with E-state index in [1.807, 2.05) is 6.92 Å². The molecule has 1 heterocycles. The predicted octanol–water partition coefficient (Wildman–Crippen LogP) is 5.27. The number of amides is 1. The quantitative estimate of drug-likeness (QED) is 0.308. The van der Waals surface area contributed by atoms with Gasteiger partial charge in [-0.15, -0.1) is 16.8 Å². The summed E-state index contributed by atoms with van der Waals surface area (Å²) in [5, 5.41) is 11.8. The van der Waals surface area contributed by atoms with Gasteiger partial charge < -0.3 is 14.8 Å². The Labute approximate surface area is 200 Å². The summed E-state index contributed by atoms with van der Waals surface area (Å²) in [5.41, 5.74) is 1.35. The van der Waals surface area contributed by atoms with Crippen molar-refractivity contribution in [2.45, 2.75) is 37.4 Å². The molecule has 0 saturated heterocycles. The predicted molar refractivity (Wildman–Crippen MR) is 128 cm³/mol. The highest BCUT2D eigenvalue weighted by atomic mass is 35.5. The number of aryl methyl sites for hydroxylation is 1. The first-order valence-electron chi connectivity index (χ1n) is 10.1. The lowest BCUT2D eigenvalue weighted by molar-refractivity contribution is -0.115. The topological polar surface area (TPSA) is 78.3 Å². The summed E-state index contributed by atoms with van der Waals surface area (Å²) in [5.74, 6) is 0.388. The molecule has 33 heavy (non-hydrogen) atoms. The molecule has 174 valence electrons. The average Bonchev–Trinajstić information content (AvgIpc) is 3.16. The van der Waals surface area contributed by atoms with Gasteiger partial charge in [-0.1, -0.05) is 41.6 Å². The summed E-state index contributed by atoms with van der Waals surface area (Å²) in [6, 6.07) is 9.55. The van der Waals surface area contributed by atoms with Crippen LogP contribution in [-0.2, 0) is 17.9 Å². The van der Waals surface area contributed by atoms with Gasteiger partial charge in [0.05, 0.1) is 18.0 Å². The number of para-hydroxylation sites is 1. The van der Waals surface area contributed by atoms with Gasteiger partial charge in [0.25, 0.3) is 0 Å². The number of thioether (sulfide) groups is 1. The number of carbonyl (C=O) groups excluding carboxylic acids is 1. The van der Waals surface area contributed by atoms with Crippen LogP contribution in [0.4, 0.5) is 10.1 Å². The first kappa shape index (κ1) is 24.6. The van der Waals surface area contributed by atoms with Crippen LogP contribution in [0, 0.1) is 12.7 Å². The Morgan fingerprint density at radius 1 is 1.33 bits per heavy atom. The molecule has 1 aromatic heterocycles. The highest BCUT2D eigenvalue weighted by Crippen LogP contribution is 2.32. The fourth-order valence-electron chi connectivity index (χ4n) is 2.91. The minimum Gasteiger partial charge on any atom is -0.495 e. The lowest BCUT2D eigenvalue weighted by Crippen LogP contribution is -2.23. The second kappa shape index (κ2) is 11.2. The van der Waals surface area contributed by atoms with Crippen LogP contribution < -0.4 is 14.8 Å². The average molecular weight is 491 g/mol. The number of ether oxygens (including phenoxy) is 2. The molecule has 0 aliphatic heterocycles. The van der Waals surface area contributed by atoms with Crippen molar-refractivity contribution in [2.24, 2.45) is 0 Å². The van der Waals surface area contributed by atoms with Gasteiger partial charge in [0.1, 0.15) is 12.4 Å². The minimum absolute atomic E-state index is 0.0180. The molecule has 0 radical (unpaired) electrons. The van der Waals surface area contributed by atoms with E-state index in [0.29, 0.717) is 34.0 Å². The number of allylic oxidation sites excluding steroid dienone is 1. The minimum atomic E-state index is -0.501. The number of carbonyl (C=O) groups is 1. The highest BCUT2D eigenvalue weighted by molar-refractivity contribution is 8.00. The number of hydrogen-bond acceptors (Lipinski definition) is 6. The maximum atomic E-state index is 13.8. The molecular weight excluding hydrogens is 467 g/mol. The van der Waals surface area contributed by atoms with E-state index in [0.717, 1.165) is 5.56 Å². The van der Waals surface area contributed by atoms with E-state index in [4.69, 9.17) is 21.1 Å². The Morgan fingerprint density at radius 3 is 2.79 bits per heavy atom. The largest absolute Gasteiger partial charge is 0.495 e. The molecule has 0 saturated carbocycles. The maximum absolute atomic E-state index is 13.8. The molecule has 1 atom stereocenters. The van der Waals surface area contributed by atoms with Crippen molar-refractivity contribution >= 4 is 35.0 Å². The maximum Gasteiger partial charge on any atom is 0.237 e. The van der Waals surface area contributed by atoms with E-state index in [9.17, 15) is 9.18 Å². The van der Waals surface area contributed by atoms with Crippen LogP contribution in [0.5, 0.6) is 11.5 Å². The summed E-state index contributed by atoms with van der Waals surface area (Å²) in [4.78, 5) is 12.8. The van der Waals surface area contributed by atoms with Crippen LogP contribution >= 0.6 is 23.4 Å². The number of halogens is 2. The molecule has 2 aromatic carbocycles. The van der Waals surface area contributed by atoms with Crippen molar-refractivity contribution in [1.82, 2.24) is 14.8 Å². The molecule has 1 amide bonds. The van der Waals surface area contributed by atoms with E-state index >= 15 is 0 Å². The van der Waals surface area contributed by atoms with Crippen molar-refractivity contribution in [3.63, 3.8) is 0 Å². The number of rotatable bonds is 10. The molecule has 1 unspecified atom stereocenters. The van der Waals surface area contributed by atoms with Crippen LogP contribution in [-0.4, -0.2) is 33.0 Å². The normalized spacial score (nSPS) is 11.7. The van der Waals surface area contributed by atoms with Gasteiger partial charge in [0.2, 0.25) is 5.91 Å².